The quantitative estimate of drug-likeness (QED) is 0.125. The Morgan fingerprint density at radius 1 is 0.588 bits per heavy atom. The number of hydrogen-bond donors (Lipinski definition) is 3. The van der Waals surface area contributed by atoms with E-state index in [4.69, 9.17) is 5.73 Å². The first-order valence-electron chi connectivity index (χ1n) is 17.6. The molecule has 1 unspecified atom stereocenters. The topological polar surface area (TPSA) is 78.1 Å². The van der Waals surface area contributed by atoms with Crippen LogP contribution in [0, 0.1) is 0 Å². The van der Waals surface area contributed by atoms with Crippen molar-refractivity contribution in [2.45, 2.75) is 32.2 Å². The molecule has 0 fully saturated rings. The van der Waals surface area contributed by atoms with E-state index in [1.54, 1.807) is 0 Å². The minimum absolute atomic E-state index is 0.309. The lowest BCUT2D eigenvalue weighted by atomic mass is 9.88. The summed E-state index contributed by atoms with van der Waals surface area (Å²) in [4.78, 5) is 0. The third-order valence-electron chi connectivity index (χ3n) is 9.94. The van der Waals surface area contributed by atoms with Gasteiger partial charge >= 0.3 is 0 Å². The standard InChI is InChI=1S/C40H30S.C7H9N.H4N2/c1-26(27-21-23-29(24-22-27)28-11-3-2-4-12-28)30-13-9-14-31(25-30)32-19-10-20-37-38-35-17-7-5-15-33(35)34-16-6-8-18-36(34)40(38)41-39(32)37;8-6-7-4-2-1-3-5-7;1-2/h2-7,9-17,19-26H,8,18H2,1H3;1-5H,6,8H2;1-2H2. The SMILES string of the molecule is CC(c1ccc(-c2ccccc2)cc1)c1cccc(-c2cccc3c2sc2c4c(c5ccccc5c23)C=CCC4)c1.NCc1ccccc1.NN. The van der Waals surface area contributed by atoms with E-state index in [1.807, 2.05) is 41.7 Å². The van der Waals surface area contributed by atoms with Gasteiger partial charge in [0.15, 0.2) is 0 Å². The van der Waals surface area contributed by atoms with Gasteiger partial charge in [-0.1, -0.05) is 171 Å². The van der Waals surface area contributed by atoms with Gasteiger partial charge in [0.25, 0.3) is 0 Å². The van der Waals surface area contributed by atoms with Crippen LogP contribution in [-0.2, 0) is 13.0 Å². The number of aryl methyl sites for hydroxylation is 1. The van der Waals surface area contributed by atoms with E-state index in [9.17, 15) is 0 Å². The largest absolute Gasteiger partial charge is 0.326 e. The highest BCUT2D eigenvalue weighted by molar-refractivity contribution is 7.26. The van der Waals surface area contributed by atoms with Crippen LogP contribution in [0.4, 0.5) is 0 Å². The van der Waals surface area contributed by atoms with Crippen molar-refractivity contribution in [1.29, 1.82) is 0 Å². The first-order chi connectivity index (χ1) is 25.2. The van der Waals surface area contributed by atoms with E-state index in [0.717, 1.165) is 12.8 Å². The second kappa shape index (κ2) is 15.7. The lowest BCUT2D eigenvalue weighted by Gasteiger charge is -2.15. The monoisotopic (exact) mass is 681 g/mol. The Balaban J connectivity index is 0.000000357. The number of fused-ring (bicyclic) bond motifs is 8. The first kappa shape index (κ1) is 34.1. The normalized spacial score (nSPS) is 12.5. The van der Waals surface area contributed by atoms with Crippen LogP contribution in [0.2, 0.25) is 0 Å². The van der Waals surface area contributed by atoms with Crippen LogP contribution in [0.25, 0.3) is 59.3 Å². The van der Waals surface area contributed by atoms with E-state index < -0.39 is 0 Å². The molecule has 1 aliphatic rings. The molecule has 9 rings (SSSR count). The molecule has 1 aromatic heterocycles. The summed E-state index contributed by atoms with van der Waals surface area (Å²) in [6.45, 7) is 2.96. The van der Waals surface area contributed by atoms with E-state index >= 15 is 0 Å². The summed E-state index contributed by atoms with van der Waals surface area (Å²) in [7, 11) is 0. The summed E-state index contributed by atoms with van der Waals surface area (Å²) >= 11 is 1.99. The molecular formula is C47H43N3S. The highest BCUT2D eigenvalue weighted by Gasteiger charge is 2.20. The Morgan fingerprint density at radius 3 is 1.94 bits per heavy atom. The van der Waals surface area contributed by atoms with Gasteiger partial charge in [0, 0.05) is 32.6 Å². The molecule has 0 saturated carbocycles. The molecule has 6 N–H and O–H groups in total. The van der Waals surface area contributed by atoms with Gasteiger partial charge in [-0.05, 0) is 73.7 Å². The minimum Gasteiger partial charge on any atom is -0.326 e. The molecular weight excluding hydrogens is 639 g/mol. The van der Waals surface area contributed by atoms with E-state index in [2.05, 4.69) is 152 Å². The maximum Gasteiger partial charge on any atom is 0.0434 e. The van der Waals surface area contributed by atoms with Crippen LogP contribution in [0.3, 0.4) is 0 Å². The summed E-state index contributed by atoms with van der Waals surface area (Å²) in [6, 6.07) is 54.7. The van der Waals surface area contributed by atoms with E-state index in [0.29, 0.717) is 12.5 Å². The number of hydrazine groups is 1. The van der Waals surface area contributed by atoms with Crippen molar-refractivity contribution in [1.82, 2.24) is 0 Å². The van der Waals surface area contributed by atoms with Crippen LogP contribution < -0.4 is 17.4 Å². The van der Waals surface area contributed by atoms with Gasteiger partial charge in [-0.25, -0.2) is 0 Å². The molecule has 3 nitrogen and oxygen atoms in total. The van der Waals surface area contributed by atoms with Crippen LogP contribution in [0.5, 0.6) is 0 Å². The molecule has 51 heavy (non-hydrogen) atoms. The Kier molecular flexibility index (Phi) is 10.5. The van der Waals surface area contributed by atoms with Crippen molar-refractivity contribution in [3.8, 4) is 22.3 Å². The average Bonchev–Trinajstić information content (AvgIpc) is 3.63. The van der Waals surface area contributed by atoms with Gasteiger partial charge in [0.2, 0.25) is 0 Å². The van der Waals surface area contributed by atoms with Gasteiger partial charge in [-0.3, -0.25) is 11.7 Å². The molecule has 1 aliphatic carbocycles. The lowest BCUT2D eigenvalue weighted by molar-refractivity contribution is 0.923. The Labute approximate surface area is 304 Å². The maximum atomic E-state index is 5.35. The zero-order valence-corrected chi connectivity index (χ0v) is 29.7. The van der Waals surface area contributed by atoms with Crippen molar-refractivity contribution in [2.75, 3.05) is 0 Å². The zero-order valence-electron chi connectivity index (χ0n) is 28.9. The predicted molar refractivity (Wildman–Crippen MR) is 222 cm³/mol. The van der Waals surface area contributed by atoms with Crippen molar-refractivity contribution in [3.63, 3.8) is 0 Å². The second-order valence-electron chi connectivity index (χ2n) is 12.9. The fourth-order valence-corrected chi connectivity index (χ4v) is 8.73. The summed E-state index contributed by atoms with van der Waals surface area (Å²) in [5, 5.41) is 5.56. The molecule has 0 bridgehead atoms. The second-order valence-corrected chi connectivity index (χ2v) is 13.9. The maximum absolute atomic E-state index is 5.35. The number of nitrogens with two attached hydrogens (primary N) is 3. The number of allylic oxidation sites excluding steroid dienone is 1. The summed E-state index contributed by atoms with van der Waals surface area (Å²) in [5.74, 6) is 8.31. The van der Waals surface area contributed by atoms with Gasteiger partial charge < -0.3 is 5.73 Å². The Morgan fingerprint density at radius 2 is 1.22 bits per heavy atom. The van der Waals surface area contributed by atoms with Crippen molar-refractivity contribution >= 4 is 48.4 Å². The molecule has 0 radical (unpaired) electrons. The molecule has 8 aromatic rings. The Bertz CT molecular complexity index is 2430. The molecule has 0 saturated heterocycles. The van der Waals surface area contributed by atoms with Crippen LogP contribution in [-0.4, -0.2) is 0 Å². The van der Waals surface area contributed by atoms with Crippen molar-refractivity contribution in [2.24, 2.45) is 17.4 Å². The smallest absolute Gasteiger partial charge is 0.0434 e. The predicted octanol–water partition coefficient (Wildman–Crippen LogP) is 11.6. The van der Waals surface area contributed by atoms with Gasteiger partial charge in [-0.2, -0.15) is 0 Å². The lowest BCUT2D eigenvalue weighted by Crippen LogP contribution is -2.02. The Hall–Kier alpha value is -5.36. The first-order valence-corrected chi connectivity index (χ1v) is 18.4. The van der Waals surface area contributed by atoms with E-state index in [1.165, 1.54) is 81.0 Å². The van der Waals surface area contributed by atoms with Crippen LogP contribution in [0.15, 0.2) is 158 Å². The van der Waals surface area contributed by atoms with E-state index in [-0.39, 0.29) is 0 Å². The molecule has 4 heteroatoms. The number of rotatable bonds is 5. The summed E-state index contributed by atoms with van der Waals surface area (Å²) < 4.78 is 2.86. The number of benzene rings is 7. The summed E-state index contributed by atoms with van der Waals surface area (Å²) in [5.41, 5.74) is 17.3. The molecule has 252 valence electrons. The molecule has 1 heterocycles. The summed E-state index contributed by atoms with van der Waals surface area (Å²) in [6.07, 6.45) is 6.92. The van der Waals surface area contributed by atoms with Crippen molar-refractivity contribution < 1.29 is 0 Å². The zero-order chi connectivity index (χ0) is 35.2. The van der Waals surface area contributed by atoms with Crippen LogP contribution >= 0.6 is 11.3 Å². The van der Waals surface area contributed by atoms with Gasteiger partial charge in [0.1, 0.15) is 0 Å². The molecule has 0 spiro atoms. The molecule has 1 atom stereocenters. The van der Waals surface area contributed by atoms with Gasteiger partial charge in [0.05, 0.1) is 0 Å². The van der Waals surface area contributed by atoms with Crippen molar-refractivity contribution in [3.05, 3.63) is 186 Å². The number of hydrogen-bond acceptors (Lipinski definition) is 4. The third kappa shape index (κ3) is 6.88. The molecule has 0 amide bonds. The minimum atomic E-state index is 0.309. The van der Waals surface area contributed by atoms with Gasteiger partial charge in [-0.15, -0.1) is 11.3 Å². The fraction of sp³-hybridized carbons (Fsp3) is 0.106. The highest BCUT2D eigenvalue weighted by atomic mass is 32.1. The molecule has 7 aromatic carbocycles. The van der Waals surface area contributed by atoms with Crippen LogP contribution in [0.1, 0.15) is 47.1 Å². The average molecular weight is 682 g/mol. The molecule has 0 aliphatic heterocycles. The highest BCUT2D eigenvalue weighted by Crippen LogP contribution is 2.47. The third-order valence-corrected chi connectivity index (χ3v) is 11.2. The fourth-order valence-electron chi connectivity index (χ4n) is 7.29. The number of thiophene rings is 1.